The summed E-state index contributed by atoms with van der Waals surface area (Å²) < 4.78 is 29.3. The lowest BCUT2D eigenvalue weighted by Gasteiger charge is -2.35. The summed E-state index contributed by atoms with van der Waals surface area (Å²) in [6, 6.07) is 10.8. The van der Waals surface area contributed by atoms with Gasteiger partial charge in [0.15, 0.2) is 5.13 Å². The highest BCUT2D eigenvalue weighted by Gasteiger charge is 2.32. The van der Waals surface area contributed by atoms with Crippen LogP contribution in [0.3, 0.4) is 0 Å². The van der Waals surface area contributed by atoms with Gasteiger partial charge in [-0.3, -0.25) is 4.79 Å². The Balaban J connectivity index is 1.24. The van der Waals surface area contributed by atoms with E-state index in [9.17, 15) is 13.2 Å². The van der Waals surface area contributed by atoms with E-state index in [1.54, 1.807) is 39.9 Å². The summed E-state index contributed by atoms with van der Waals surface area (Å²) in [6.07, 6.45) is 3.70. The van der Waals surface area contributed by atoms with Gasteiger partial charge in [0.25, 0.3) is 5.91 Å². The van der Waals surface area contributed by atoms with E-state index < -0.39 is 10.0 Å². The second-order valence-electron chi connectivity index (χ2n) is 9.83. The van der Waals surface area contributed by atoms with Crippen LogP contribution in [0.15, 0.2) is 41.3 Å². The topological polar surface area (TPSA) is 73.8 Å². The number of amides is 1. The lowest BCUT2D eigenvalue weighted by atomic mass is 10.0. The van der Waals surface area contributed by atoms with Gasteiger partial charge in [0.1, 0.15) is 0 Å². The first-order valence-corrected chi connectivity index (χ1v) is 15.1. The molecule has 1 aromatic heterocycles. The number of fused-ring (bicyclic) bond motifs is 1. The van der Waals surface area contributed by atoms with Gasteiger partial charge < -0.3 is 9.80 Å². The maximum absolute atomic E-state index is 13.2. The number of thiazole rings is 1. The first kappa shape index (κ1) is 25.2. The van der Waals surface area contributed by atoms with Crippen LogP contribution >= 0.6 is 11.3 Å². The molecule has 2 aliphatic rings. The Morgan fingerprint density at radius 3 is 2.42 bits per heavy atom. The Kier molecular flexibility index (Phi) is 7.07. The predicted octanol–water partition coefficient (Wildman–Crippen LogP) is 4.83. The molecule has 36 heavy (non-hydrogen) atoms. The molecular formula is C27H34N4O3S2. The summed E-state index contributed by atoms with van der Waals surface area (Å²) in [7, 11) is -3.55. The maximum Gasteiger partial charge on any atom is 0.253 e. The SMILES string of the molecule is CCC1CCCCN1S(=O)(=O)c1ccc(C(=O)N2CCN(c3nc4c(C)c(C)ccc4s3)CC2)cc1. The van der Waals surface area contributed by atoms with Crippen LogP contribution in [0.5, 0.6) is 0 Å². The fraction of sp³-hybridized carbons (Fsp3) is 0.481. The second-order valence-corrected chi connectivity index (χ2v) is 12.7. The van der Waals surface area contributed by atoms with Crippen molar-refractivity contribution in [3.05, 3.63) is 53.1 Å². The fourth-order valence-electron chi connectivity index (χ4n) is 5.24. The standard InChI is InChI=1S/C27H34N4O3S2/c1-4-22-7-5-6-14-31(22)36(33,34)23-11-9-21(10-12-23)26(32)29-15-17-30(18-16-29)27-28-25-20(3)19(2)8-13-24(25)35-27/h8-13,22H,4-7,14-18H2,1-3H3. The third kappa shape index (κ3) is 4.64. The molecule has 0 N–H and O–H groups in total. The number of rotatable bonds is 5. The van der Waals surface area contributed by atoms with E-state index in [4.69, 9.17) is 4.98 Å². The lowest BCUT2D eigenvalue weighted by molar-refractivity contribution is 0.0746. The zero-order valence-electron chi connectivity index (χ0n) is 21.2. The van der Waals surface area contributed by atoms with Crippen LogP contribution in [-0.4, -0.2) is 67.3 Å². The van der Waals surface area contributed by atoms with Crippen LogP contribution in [0.25, 0.3) is 10.2 Å². The normalized spacial score (nSPS) is 19.7. The summed E-state index contributed by atoms with van der Waals surface area (Å²) in [5.74, 6) is -0.0567. The molecular weight excluding hydrogens is 492 g/mol. The molecule has 2 fully saturated rings. The number of nitrogens with zero attached hydrogens (tertiary/aromatic N) is 4. The fourth-order valence-corrected chi connectivity index (χ4v) is 8.08. The van der Waals surface area contributed by atoms with E-state index in [2.05, 4.69) is 30.9 Å². The molecule has 5 rings (SSSR count). The van der Waals surface area contributed by atoms with Crippen molar-refractivity contribution >= 4 is 42.6 Å². The minimum absolute atomic E-state index is 0.0567. The first-order chi connectivity index (χ1) is 17.3. The molecule has 1 amide bonds. The monoisotopic (exact) mass is 526 g/mol. The molecule has 3 heterocycles. The van der Waals surface area contributed by atoms with Crippen molar-refractivity contribution in [3.63, 3.8) is 0 Å². The summed E-state index contributed by atoms with van der Waals surface area (Å²) in [5, 5.41) is 1.00. The Morgan fingerprint density at radius 2 is 1.72 bits per heavy atom. The lowest BCUT2D eigenvalue weighted by Crippen LogP contribution is -2.48. The van der Waals surface area contributed by atoms with Crippen LogP contribution in [0.1, 0.15) is 54.1 Å². The molecule has 1 unspecified atom stereocenters. The number of carbonyl (C=O) groups is 1. The average Bonchev–Trinajstić information content (AvgIpc) is 3.36. The molecule has 192 valence electrons. The number of aromatic nitrogens is 1. The Morgan fingerprint density at radius 1 is 1.00 bits per heavy atom. The number of piperidine rings is 1. The molecule has 0 aliphatic carbocycles. The van der Waals surface area contributed by atoms with Gasteiger partial charge in [-0.05, 0) is 74.6 Å². The van der Waals surface area contributed by atoms with Gasteiger partial charge in [-0.1, -0.05) is 30.7 Å². The number of hydrogen-bond donors (Lipinski definition) is 0. The first-order valence-electron chi connectivity index (χ1n) is 12.8. The number of carbonyl (C=O) groups excluding carboxylic acids is 1. The van der Waals surface area contributed by atoms with E-state index >= 15 is 0 Å². The summed E-state index contributed by atoms with van der Waals surface area (Å²) in [5.41, 5.74) is 4.06. The number of anilines is 1. The minimum atomic E-state index is -3.55. The van der Waals surface area contributed by atoms with Gasteiger partial charge in [0.2, 0.25) is 10.0 Å². The third-order valence-corrected chi connectivity index (χ3v) is 10.7. The van der Waals surface area contributed by atoms with Crippen LogP contribution < -0.4 is 4.90 Å². The van der Waals surface area contributed by atoms with Crippen LogP contribution in [0.2, 0.25) is 0 Å². The maximum atomic E-state index is 13.2. The highest BCUT2D eigenvalue weighted by molar-refractivity contribution is 7.89. The minimum Gasteiger partial charge on any atom is -0.345 e. The van der Waals surface area contributed by atoms with Crippen molar-refractivity contribution in [3.8, 4) is 0 Å². The second kappa shape index (κ2) is 10.1. The predicted molar refractivity (Wildman–Crippen MR) is 145 cm³/mol. The van der Waals surface area contributed by atoms with Gasteiger partial charge in [0, 0.05) is 44.3 Å². The van der Waals surface area contributed by atoms with Gasteiger partial charge >= 0.3 is 0 Å². The summed E-state index contributed by atoms with van der Waals surface area (Å²) in [6.45, 7) is 9.50. The van der Waals surface area contributed by atoms with Crippen molar-refractivity contribution in [2.75, 3.05) is 37.6 Å². The molecule has 0 spiro atoms. The van der Waals surface area contributed by atoms with Crippen molar-refractivity contribution in [2.24, 2.45) is 0 Å². The smallest absolute Gasteiger partial charge is 0.253 e. The van der Waals surface area contributed by atoms with E-state index in [1.807, 2.05) is 11.8 Å². The highest BCUT2D eigenvalue weighted by Crippen LogP contribution is 2.32. The molecule has 1 atom stereocenters. The molecule has 0 radical (unpaired) electrons. The zero-order valence-corrected chi connectivity index (χ0v) is 22.9. The zero-order chi connectivity index (χ0) is 25.4. The third-order valence-electron chi connectivity index (χ3n) is 7.66. The molecule has 2 aromatic carbocycles. The van der Waals surface area contributed by atoms with Crippen LogP contribution in [0, 0.1) is 13.8 Å². The average molecular weight is 527 g/mol. The molecule has 3 aromatic rings. The van der Waals surface area contributed by atoms with Gasteiger partial charge in [-0.2, -0.15) is 4.31 Å². The van der Waals surface area contributed by atoms with E-state index in [0.717, 1.165) is 49.4 Å². The Bertz CT molecular complexity index is 1360. The Hall–Kier alpha value is -2.49. The largest absolute Gasteiger partial charge is 0.345 e. The number of hydrogen-bond acceptors (Lipinski definition) is 6. The van der Waals surface area contributed by atoms with E-state index in [1.165, 1.54) is 15.8 Å². The number of sulfonamides is 1. The van der Waals surface area contributed by atoms with Crippen LogP contribution in [-0.2, 0) is 10.0 Å². The van der Waals surface area contributed by atoms with Crippen LogP contribution in [0.4, 0.5) is 5.13 Å². The van der Waals surface area contributed by atoms with Crippen molar-refractivity contribution < 1.29 is 13.2 Å². The number of piperazine rings is 1. The van der Waals surface area contributed by atoms with Gasteiger partial charge in [-0.15, -0.1) is 0 Å². The van der Waals surface area contributed by atoms with E-state index in [-0.39, 0.29) is 16.8 Å². The Labute approximate surface area is 217 Å². The quantitative estimate of drug-likeness (QED) is 0.476. The molecule has 2 saturated heterocycles. The van der Waals surface area contributed by atoms with Crippen molar-refractivity contribution in [2.45, 2.75) is 57.4 Å². The number of aryl methyl sites for hydroxylation is 2. The van der Waals surface area contributed by atoms with Gasteiger partial charge in [-0.25, -0.2) is 13.4 Å². The van der Waals surface area contributed by atoms with Gasteiger partial charge in [0.05, 0.1) is 15.1 Å². The molecule has 2 aliphatic heterocycles. The molecule has 0 bridgehead atoms. The summed E-state index contributed by atoms with van der Waals surface area (Å²) in [4.78, 5) is 22.4. The molecule has 0 saturated carbocycles. The molecule has 7 nitrogen and oxygen atoms in total. The number of benzene rings is 2. The highest BCUT2D eigenvalue weighted by atomic mass is 32.2. The summed E-state index contributed by atoms with van der Waals surface area (Å²) >= 11 is 1.70. The van der Waals surface area contributed by atoms with Crippen molar-refractivity contribution in [1.82, 2.24) is 14.2 Å². The van der Waals surface area contributed by atoms with Crippen molar-refractivity contribution in [1.29, 1.82) is 0 Å². The molecule has 9 heteroatoms. The van der Waals surface area contributed by atoms with E-state index in [0.29, 0.717) is 25.2 Å².